The summed E-state index contributed by atoms with van der Waals surface area (Å²) in [6, 6.07) is 7.87. The largest absolute Gasteiger partial charge is 0.496 e. The van der Waals surface area contributed by atoms with Crippen LogP contribution in [0.15, 0.2) is 36.4 Å². The maximum atomic E-state index is 10.6. The fourth-order valence-electron chi connectivity index (χ4n) is 3.12. The van der Waals surface area contributed by atoms with Gasteiger partial charge in [-0.15, -0.1) is 0 Å². The van der Waals surface area contributed by atoms with Crippen molar-refractivity contribution in [3.8, 4) is 5.75 Å². The van der Waals surface area contributed by atoms with E-state index in [1.165, 1.54) is 0 Å². The van der Waals surface area contributed by atoms with Gasteiger partial charge in [0.05, 0.1) is 26.4 Å². The van der Waals surface area contributed by atoms with E-state index in [9.17, 15) is 4.79 Å². The standard InChI is InChI=1S/C21H30O6/c1-3-25-14-13-20-26-15-16(9-5-4-6-12-19(22)23)21(27-20)17-10-7-8-11-18(17)24-2/h4-5,7-8,10-11,16,20-21H,3,6,9,12-15H2,1-2H3,(H,22,23)/b5-4-. The van der Waals surface area contributed by atoms with Crippen LogP contribution in [0.2, 0.25) is 0 Å². The lowest BCUT2D eigenvalue weighted by Gasteiger charge is -2.37. The van der Waals surface area contributed by atoms with Crippen LogP contribution in [0, 0.1) is 5.92 Å². The summed E-state index contributed by atoms with van der Waals surface area (Å²) in [7, 11) is 1.66. The Morgan fingerprint density at radius 1 is 1.33 bits per heavy atom. The third-order valence-corrected chi connectivity index (χ3v) is 4.50. The van der Waals surface area contributed by atoms with E-state index in [0.29, 0.717) is 32.7 Å². The fourth-order valence-corrected chi connectivity index (χ4v) is 3.12. The number of methoxy groups -OCH3 is 1. The van der Waals surface area contributed by atoms with Crippen molar-refractivity contribution in [2.24, 2.45) is 5.92 Å². The van der Waals surface area contributed by atoms with Crippen molar-refractivity contribution < 1.29 is 28.8 Å². The molecule has 1 aliphatic heterocycles. The number of hydrogen-bond acceptors (Lipinski definition) is 5. The number of ether oxygens (including phenoxy) is 4. The molecule has 1 aliphatic rings. The maximum Gasteiger partial charge on any atom is 0.303 e. The van der Waals surface area contributed by atoms with Gasteiger partial charge in [-0.2, -0.15) is 0 Å². The van der Waals surface area contributed by atoms with Crippen molar-refractivity contribution in [1.29, 1.82) is 0 Å². The first-order chi connectivity index (χ1) is 13.2. The van der Waals surface area contributed by atoms with Crippen LogP contribution in [0.4, 0.5) is 0 Å². The van der Waals surface area contributed by atoms with Crippen LogP contribution in [0.1, 0.15) is 44.3 Å². The summed E-state index contributed by atoms with van der Waals surface area (Å²) in [5, 5.41) is 8.73. The minimum Gasteiger partial charge on any atom is -0.496 e. The predicted molar refractivity (Wildman–Crippen MR) is 102 cm³/mol. The highest BCUT2D eigenvalue weighted by atomic mass is 16.7. The fraction of sp³-hybridized carbons (Fsp3) is 0.571. The molecule has 27 heavy (non-hydrogen) atoms. The highest BCUT2D eigenvalue weighted by Gasteiger charge is 2.33. The highest BCUT2D eigenvalue weighted by molar-refractivity contribution is 5.66. The van der Waals surface area contributed by atoms with Crippen molar-refractivity contribution >= 4 is 5.97 Å². The number of para-hydroxylation sites is 1. The smallest absolute Gasteiger partial charge is 0.303 e. The molecule has 150 valence electrons. The molecular weight excluding hydrogens is 348 g/mol. The molecule has 0 radical (unpaired) electrons. The Morgan fingerprint density at radius 3 is 2.89 bits per heavy atom. The van der Waals surface area contributed by atoms with Gasteiger partial charge in [0.25, 0.3) is 0 Å². The van der Waals surface area contributed by atoms with Crippen LogP contribution in [0.25, 0.3) is 0 Å². The van der Waals surface area contributed by atoms with E-state index in [1.54, 1.807) is 7.11 Å². The van der Waals surface area contributed by atoms with Gasteiger partial charge in [0, 0.05) is 30.9 Å². The summed E-state index contributed by atoms with van der Waals surface area (Å²) < 4.78 is 23.1. The number of carbonyl (C=O) groups is 1. The number of carboxylic acids is 1. The lowest BCUT2D eigenvalue weighted by atomic mass is 9.91. The van der Waals surface area contributed by atoms with Gasteiger partial charge in [-0.1, -0.05) is 30.4 Å². The van der Waals surface area contributed by atoms with Gasteiger partial charge in [0.1, 0.15) is 5.75 Å². The molecule has 1 heterocycles. The molecule has 0 bridgehead atoms. The maximum absolute atomic E-state index is 10.6. The zero-order chi connectivity index (χ0) is 19.5. The summed E-state index contributed by atoms with van der Waals surface area (Å²) >= 11 is 0. The average molecular weight is 378 g/mol. The number of hydrogen-bond donors (Lipinski definition) is 1. The molecule has 1 aromatic carbocycles. The van der Waals surface area contributed by atoms with E-state index < -0.39 is 5.97 Å². The number of benzene rings is 1. The topological polar surface area (TPSA) is 74.2 Å². The summed E-state index contributed by atoms with van der Waals surface area (Å²) in [6.45, 7) is 3.81. The molecule has 1 fully saturated rings. The predicted octanol–water partition coefficient (Wildman–Crippen LogP) is 3.96. The number of aliphatic carboxylic acids is 1. The van der Waals surface area contributed by atoms with Crippen LogP contribution in [0.3, 0.4) is 0 Å². The Labute approximate surface area is 161 Å². The lowest BCUT2D eigenvalue weighted by Crippen LogP contribution is -2.35. The zero-order valence-electron chi connectivity index (χ0n) is 16.1. The van der Waals surface area contributed by atoms with Gasteiger partial charge in [0.2, 0.25) is 0 Å². The van der Waals surface area contributed by atoms with Crippen molar-refractivity contribution in [1.82, 2.24) is 0 Å². The second-order valence-electron chi connectivity index (χ2n) is 6.45. The molecule has 1 saturated heterocycles. The molecule has 1 aromatic rings. The Balaban J connectivity index is 2.05. The van der Waals surface area contributed by atoms with Crippen LogP contribution in [0.5, 0.6) is 5.75 Å². The number of carboxylic acid groups (broad SMARTS) is 1. The monoisotopic (exact) mass is 378 g/mol. The summed E-state index contributed by atoms with van der Waals surface area (Å²) in [5.74, 6) is 0.145. The van der Waals surface area contributed by atoms with E-state index in [4.69, 9.17) is 24.1 Å². The molecule has 3 unspecified atom stereocenters. The van der Waals surface area contributed by atoms with Gasteiger partial charge in [0.15, 0.2) is 6.29 Å². The van der Waals surface area contributed by atoms with E-state index in [-0.39, 0.29) is 24.7 Å². The summed E-state index contributed by atoms with van der Waals surface area (Å²) in [5.41, 5.74) is 1.01. The first-order valence-electron chi connectivity index (χ1n) is 9.50. The molecule has 2 rings (SSSR count). The second-order valence-corrected chi connectivity index (χ2v) is 6.45. The van der Waals surface area contributed by atoms with Crippen LogP contribution in [-0.2, 0) is 19.0 Å². The number of allylic oxidation sites excluding steroid dienone is 2. The summed E-state index contributed by atoms with van der Waals surface area (Å²) in [6.07, 6.45) is 5.58. The van der Waals surface area contributed by atoms with Gasteiger partial charge in [-0.05, 0) is 25.8 Å². The molecule has 1 N–H and O–H groups in total. The second kappa shape index (κ2) is 11.7. The lowest BCUT2D eigenvalue weighted by molar-refractivity contribution is -0.244. The summed E-state index contributed by atoms with van der Waals surface area (Å²) in [4.78, 5) is 10.6. The molecule has 6 nitrogen and oxygen atoms in total. The van der Waals surface area contributed by atoms with Crippen LogP contribution in [-0.4, -0.2) is 44.3 Å². The SMILES string of the molecule is CCOCCC1OCC(C/C=C\CCC(=O)O)C(c2ccccc2OC)O1. The highest BCUT2D eigenvalue weighted by Crippen LogP contribution is 2.39. The van der Waals surface area contributed by atoms with E-state index >= 15 is 0 Å². The number of rotatable bonds is 11. The van der Waals surface area contributed by atoms with Crippen LogP contribution >= 0.6 is 0 Å². The third-order valence-electron chi connectivity index (χ3n) is 4.50. The molecular formula is C21H30O6. The molecule has 6 heteroatoms. The molecule has 0 saturated carbocycles. The average Bonchev–Trinajstić information content (AvgIpc) is 2.68. The normalized spacial score (nSPS) is 22.8. The Kier molecular flexibility index (Phi) is 9.31. The Hall–Kier alpha value is -1.89. The van der Waals surface area contributed by atoms with Crippen molar-refractivity contribution in [3.63, 3.8) is 0 Å². The Morgan fingerprint density at radius 2 is 2.15 bits per heavy atom. The minimum absolute atomic E-state index is 0.130. The third kappa shape index (κ3) is 6.97. The molecule has 0 spiro atoms. The van der Waals surface area contributed by atoms with Gasteiger partial charge in [-0.3, -0.25) is 4.79 Å². The van der Waals surface area contributed by atoms with E-state index in [1.807, 2.05) is 43.3 Å². The van der Waals surface area contributed by atoms with Crippen LogP contribution < -0.4 is 4.74 Å². The first kappa shape index (κ1) is 21.4. The quantitative estimate of drug-likeness (QED) is 0.464. The minimum atomic E-state index is -0.784. The molecule has 0 aromatic heterocycles. The van der Waals surface area contributed by atoms with Gasteiger partial charge < -0.3 is 24.1 Å². The van der Waals surface area contributed by atoms with Crippen molar-refractivity contribution in [3.05, 3.63) is 42.0 Å². The van der Waals surface area contributed by atoms with Gasteiger partial charge in [-0.25, -0.2) is 0 Å². The zero-order valence-corrected chi connectivity index (χ0v) is 16.1. The van der Waals surface area contributed by atoms with E-state index in [0.717, 1.165) is 17.7 Å². The van der Waals surface area contributed by atoms with E-state index in [2.05, 4.69) is 0 Å². The van der Waals surface area contributed by atoms with Gasteiger partial charge >= 0.3 is 5.97 Å². The van der Waals surface area contributed by atoms with Crippen molar-refractivity contribution in [2.75, 3.05) is 26.9 Å². The molecule has 3 atom stereocenters. The molecule has 0 aliphatic carbocycles. The first-order valence-corrected chi connectivity index (χ1v) is 9.50. The molecule has 0 amide bonds. The Bertz CT molecular complexity index is 600. The van der Waals surface area contributed by atoms with Crippen molar-refractivity contribution in [2.45, 2.75) is 45.0 Å².